The number of nitrogens with zero attached hydrogens (tertiary/aromatic N) is 5. The first-order chi connectivity index (χ1) is 16.4. The van der Waals surface area contributed by atoms with Crippen molar-refractivity contribution in [2.75, 3.05) is 16.7 Å². The van der Waals surface area contributed by atoms with Crippen LogP contribution in [0.25, 0.3) is 33.7 Å². The lowest BCUT2D eigenvalue weighted by Gasteiger charge is -2.22. The number of benzene rings is 1. The van der Waals surface area contributed by atoms with Gasteiger partial charge in [-0.3, -0.25) is 18.8 Å². The van der Waals surface area contributed by atoms with Crippen molar-refractivity contribution in [1.82, 2.24) is 24.7 Å². The van der Waals surface area contributed by atoms with Gasteiger partial charge in [-0.1, -0.05) is 44.2 Å². The van der Waals surface area contributed by atoms with Crippen LogP contribution in [0.1, 0.15) is 13.8 Å². The first-order valence-electron chi connectivity index (χ1n) is 10.5. The zero-order valence-electron chi connectivity index (χ0n) is 18.9. The summed E-state index contributed by atoms with van der Waals surface area (Å²) >= 11 is 0. The Morgan fingerprint density at radius 2 is 1.63 bits per heavy atom. The van der Waals surface area contributed by atoms with Crippen molar-refractivity contribution in [3.05, 3.63) is 48.7 Å². The zero-order valence-corrected chi connectivity index (χ0v) is 20.5. The number of anilines is 1. The summed E-state index contributed by atoms with van der Waals surface area (Å²) in [6.07, 6.45) is 1.64. The second-order valence-electron chi connectivity index (χ2n) is 8.44. The van der Waals surface area contributed by atoms with Crippen molar-refractivity contribution in [2.45, 2.75) is 20.4 Å². The van der Waals surface area contributed by atoms with Gasteiger partial charge in [0.2, 0.25) is 5.95 Å². The number of imidazole rings is 1. The Hall–Kier alpha value is -3.33. The van der Waals surface area contributed by atoms with Gasteiger partial charge in [0.25, 0.3) is 20.2 Å². The zero-order chi connectivity index (χ0) is 25.4. The summed E-state index contributed by atoms with van der Waals surface area (Å²) < 4.78 is 66.8. The van der Waals surface area contributed by atoms with Crippen LogP contribution in [-0.4, -0.2) is 62.4 Å². The fourth-order valence-electron chi connectivity index (χ4n) is 3.77. The number of pyridine rings is 1. The maximum Gasteiger partial charge on any atom is 0.283 e. The third kappa shape index (κ3) is 5.85. The van der Waals surface area contributed by atoms with Crippen LogP contribution < -0.4 is 4.90 Å². The van der Waals surface area contributed by atoms with E-state index in [1.54, 1.807) is 22.9 Å². The highest BCUT2D eigenvalue weighted by Gasteiger charge is 2.26. The molecule has 0 saturated heterocycles. The van der Waals surface area contributed by atoms with Crippen LogP contribution in [0.15, 0.2) is 48.7 Å². The molecule has 4 aromatic rings. The van der Waals surface area contributed by atoms with Crippen molar-refractivity contribution >= 4 is 37.3 Å². The van der Waals surface area contributed by atoms with E-state index in [0.717, 1.165) is 21.7 Å². The highest BCUT2D eigenvalue weighted by Crippen LogP contribution is 2.31. The molecule has 4 rings (SSSR count). The van der Waals surface area contributed by atoms with Crippen molar-refractivity contribution < 1.29 is 25.9 Å². The average Bonchev–Trinajstić information content (AvgIpc) is 3.37. The maximum atomic E-state index is 11.6. The molecule has 0 amide bonds. The van der Waals surface area contributed by atoms with E-state index >= 15 is 0 Å². The predicted molar refractivity (Wildman–Crippen MR) is 131 cm³/mol. The average molecular weight is 521 g/mol. The summed E-state index contributed by atoms with van der Waals surface area (Å²) in [7, 11) is -9.28. The van der Waals surface area contributed by atoms with Gasteiger partial charge in [-0.05, 0) is 18.1 Å². The Morgan fingerprint density at radius 1 is 0.971 bits per heavy atom. The first kappa shape index (κ1) is 24.8. The van der Waals surface area contributed by atoms with Gasteiger partial charge in [0.15, 0.2) is 5.65 Å². The van der Waals surface area contributed by atoms with Crippen LogP contribution in [-0.2, 0) is 26.8 Å². The van der Waals surface area contributed by atoms with Crippen LogP contribution in [0.4, 0.5) is 5.95 Å². The van der Waals surface area contributed by atoms with E-state index in [-0.39, 0.29) is 11.9 Å². The van der Waals surface area contributed by atoms with E-state index in [9.17, 15) is 25.9 Å². The molecule has 12 nitrogen and oxygen atoms in total. The van der Waals surface area contributed by atoms with Gasteiger partial charge in [0.1, 0.15) is 17.3 Å². The van der Waals surface area contributed by atoms with Crippen LogP contribution in [0.2, 0.25) is 0 Å². The van der Waals surface area contributed by atoms with Gasteiger partial charge in [-0.25, -0.2) is 9.97 Å². The lowest BCUT2D eigenvalue weighted by atomic mass is 10.1. The number of fused-ring (bicyclic) bond motifs is 1. The molecule has 0 bridgehead atoms. The van der Waals surface area contributed by atoms with Crippen LogP contribution >= 0.6 is 0 Å². The minimum Gasteiger partial charge on any atom is -0.308 e. The van der Waals surface area contributed by atoms with Crippen molar-refractivity contribution in [2.24, 2.45) is 5.92 Å². The number of nitrogens with one attached hydrogen (secondary N) is 1. The quantitative estimate of drug-likeness (QED) is 0.279. The number of aromatic amines is 1. The molecule has 0 fully saturated rings. The van der Waals surface area contributed by atoms with Crippen molar-refractivity contribution in [1.29, 1.82) is 0 Å². The topological polar surface area (TPSA) is 171 Å². The predicted octanol–water partition coefficient (Wildman–Crippen LogP) is 2.64. The lowest BCUT2D eigenvalue weighted by Crippen LogP contribution is -2.36. The molecule has 0 spiro atoms. The molecule has 0 atom stereocenters. The fourth-order valence-corrected chi connectivity index (χ4v) is 5.08. The summed E-state index contributed by atoms with van der Waals surface area (Å²) in [6, 6.07) is 13.0. The number of aromatic nitrogens is 5. The second kappa shape index (κ2) is 9.37. The van der Waals surface area contributed by atoms with Gasteiger partial charge >= 0.3 is 0 Å². The highest BCUT2D eigenvalue weighted by molar-refractivity contribution is 7.86. The molecule has 186 valence electrons. The standard InChI is InChI=1S/C21H24N6O6S2/c1-14(2)11-27-20-18(24-21(27)26(12-34(28,29)30)13-35(31,32)33)9-8-17(23-20)16-10-22-25-19(16)15-6-4-3-5-7-15/h3-10,14H,11-13H2,1-2H3,(H,22,25)(H,28,29,30)(H,31,32,33). The summed E-state index contributed by atoms with van der Waals surface area (Å²) in [5, 5.41) is 7.14. The molecule has 0 aliphatic carbocycles. The minimum atomic E-state index is -4.64. The van der Waals surface area contributed by atoms with Crippen molar-refractivity contribution in [3.8, 4) is 22.5 Å². The molecule has 3 N–H and O–H groups in total. The van der Waals surface area contributed by atoms with E-state index in [1.165, 1.54) is 0 Å². The first-order valence-corrected chi connectivity index (χ1v) is 13.7. The van der Waals surface area contributed by atoms with Crippen LogP contribution in [0.5, 0.6) is 0 Å². The number of rotatable bonds is 9. The molecule has 0 aliphatic heterocycles. The molecule has 35 heavy (non-hydrogen) atoms. The Morgan fingerprint density at radius 3 is 2.23 bits per heavy atom. The monoisotopic (exact) mass is 520 g/mol. The Balaban J connectivity index is 1.88. The molecule has 0 radical (unpaired) electrons. The molecule has 14 heteroatoms. The van der Waals surface area contributed by atoms with Crippen molar-refractivity contribution in [3.63, 3.8) is 0 Å². The van der Waals surface area contributed by atoms with Gasteiger partial charge < -0.3 is 4.90 Å². The van der Waals surface area contributed by atoms with E-state index in [0.29, 0.717) is 23.4 Å². The number of hydrogen-bond donors (Lipinski definition) is 3. The SMILES string of the molecule is CC(C)Cn1c(N(CS(=O)(=O)O)CS(=O)(=O)O)nc2ccc(-c3cn[nH]c3-c3ccccc3)nc21. The number of H-pyrrole nitrogens is 1. The minimum absolute atomic E-state index is 0.0451. The normalized spacial score (nSPS) is 12.5. The third-order valence-corrected chi connectivity index (χ3v) is 6.29. The maximum absolute atomic E-state index is 11.6. The van der Waals surface area contributed by atoms with Gasteiger partial charge in [0, 0.05) is 17.7 Å². The van der Waals surface area contributed by atoms with Gasteiger partial charge in [-0.2, -0.15) is 21.9 Å². The molecular weight excluding hydrogens is 496 g/mol. The Labute approximate surface area is 202 Å². The molecule has 0 unspecified atom stereocenters. The Bertz CT molecular complexity index is 1530. The van der Waals surface area contributed by atoms with E-state index in [1.807, 2.05) is 44.2 Å². The molecule has 3 heterocycles. The van der Waals surface area contributed by atoms with E-state index in [2.05, 4.69) is 15.2 Å². The molecule has 1 aromatic carbocycles. The van der Waals surface area contributed by atoms with E-state index in [4.69, 9.17) is 4.98 Å². The highest BCUT2D eigenvalue weighted by atomic mass is 32.2. The lowest BCUT2D eigenvalue weighted by molar-refractivity contribution is 0.473. The molecule has 0 saturated carbocycles. The third-order valence-electron chi connectivity index (χ3n) is 5.02. The summed E-state index contributed by atoms with van der Waals surface area (Å²) in [5.74, 6) is -2.19. The largest absolute Gasteiger partial charge is 0.308 e. The van der Waals surface area contributed by atoms with Crippen LogP contribution in [0.3, 0.4) is 0 Å². The fraction of sp³-hybridized carbons (Fsp3) is 0.286. The van der Waals surface area contributed by atoms with Crippen LogP contribution in [0, 0.1) is 5.92 Å². The Kier molecular flexibility index (Phi) is 6.64. The van der Waals surface area contributed by atoms with Gasteiger partial charge in [0.05, 0.1) is 17.6 Å². The smallest absolute Gasteiger partial charge is 0.283 e. The summed E-state index contributed by atoms with van der Waals surface area (Å²) in [6.45, 7) is 4.14. The number of hydrogen-bond acceptors (Lipinski definition) is 8. The van der Waals surface area contributed by atoms with E-state index < -0.39 is 32.0 Å². The molecule has 0 aliphatic rings. The molecular formula is C21H24N6O6S2. The van der Waals surface area contributed by atoms with Gasteiger partial charge in [-0.15, -0.1) is 0 Å². The second-order valence-corrected chi connectivity index (χ2v) is 11.3. The summed E-state index contributed by atoms with van der Waals surface area (Å²) in [5.41, 5.74) is 3.71. The molecule has 3 aromatic heterocycles. The summed E-state index contributed by atoms with van der Waals surface area (Å²) in [4.78, 5) is 9.91.